The molecule has 3 rings (SSSR count). The molecule has 3 N–H and O–H groups in total. The molecule has 0 aliphatic rings. The lowest BCUT2D eigenvalue weighted by Crippen LogP contribution is -2.25. The molecule has 35 heavy (non-hydrogen) atoms. The molecular formula is C28H35N3O4. The third kappa shape index (κ3) is 7.62. The molecule has 0 heterocycles. The van der Waals surface area contributed by atoms with Crippen molar-refractivity contribution >= 4 is 22.6 Å². The van der Waals surface area contributed by atoms with Gasteiger partial charge in [-0.15, -0.1) is 0 Å². The largest absolute Gasteiger partial charge is 0.299 e. The van der Waals surface area contributed by atoms with Gasteiger partial charge in [0.2, 0.25) is 0 Å². The summed E-state index contributed by atoms with van der Waals surface area (Å²) in [6, 6.07) is 18.5. The van der Waals surface area contributed by atoms with E-state index in [1.807, 2.05) is 12.1 Å². The van der Waals surface area contributed by atoms with Crippen molar-refractivity contribution in [3.05, 3.63) is 82.9 Å². The van der Waals surface area contributed by atoms with Crippen LogP contribution < -0.4 is 11.0 Å². The Morgan fingerprint density at radius 1 is 0.886 bits per heavy atom. The first-order chi connectivity index (χ1) is 17.0. The summed E-state index contributed by atoms with van der Waals surface area (Å²) in [5.41, 5.74) is 6.89. The molecule has 0 fully saturated rings. The monoisotopic (exact) mass is 477 g/mol. The second-order valence-corrected chi connectivity index (χ2v) is 8.69. The highest BCUT2D eigenvalue weighted by Crippen LogP contribution is 2.22. The van der Waals surface area contributed by atoms with Gasteiger partial charge in [-0.3, -0.25) is 24.5 Å². The van der Waals surface area contributed by atoms with Gasteiger partial charge < -0.3 is 0 Å². The van der Waals surface area contributed by atoms with Crippen LogP contribution in [0, 0.1) is 0 Å². The number of nitrogens with zero attached hydrogens (tertiary/aromatic N) is 1. The highest BCUT2D eigenvalue weighted by atomic mass is 16.6. The van der Waals surface area contributed by atoms with Crippen molar-refractivity contribution in [2.45, 2.75) is 52.7 Å². The first-order valence-electron chi connectivity index (χ1n) is 12.2. The van der Waals surface area contributed by atoms with Gasteiger partial charge in [0.1, 0.15) is 6.61 Å². The van der Waals surface area contributed by atoms with Crippen LogP contribution in [0.1, 0.15) is 71.4 Å². The number of rotatable bonds is 13. The van der Waals surface area contributed by atoms with Gasteiger partial charge in [0.25, 0.3) is 11.8 Å². The molecule has 0 atom stereocenters. The normalized spacial score (nSPS) is 11.1. The van der Waals surface area contributed by atoms with Crippen LogP contribution in [0.25, 0.3) is 10.8 Å². The van der Waals surface area contributed by atoms with Crippen molar-refractivity contribution in [2.75, 3.05) is 13.1 Å². The highest BCUT2D eigenvalue weighted by molar-refractivity contribution is 5.97. The van der Waals surface area contributed by atoms with E-state index in [1.54, 1.807) is 5.48 Å². The summed E-state index contributed by atoms with van der Waals surface area (Å²) in [7, 11) is 0. The van der Waals surface area contributed by atoms with Crippen molar-refractivity contribution in [3.63, 3.8) is 0 Å². The molecule has 0 saturated heterocycles. The van der Waals surface area contributed by atoms with E-state index in [4.69, 9.17) is 10.0 Å². The predicted octanol–water partition coefficient (Wildman–Crippen LogP) is 5.22. The summed E-state index contributed by atoms with van der Waals surface area (Å²) >= 11 is 0. The van der Waals surface area contributed by atoms with Crippen LogP contribution in [-0.4, -0.2) is 35.0 Å². The van der Waals surface area contributed by atoms with Crippen molar-refractivity contribution in [3.8, 4) is 0 Å². The number of fused-ring (bicyclic) bond motifs is 1. The number of benzene rings is 3. The molecule has 3 aromatic rings. The van der Waals surface area contributed by atoms with Crippen molar-refractivity contribution in [1.29, 1.82) is 0 Å². The maximum absolute atomic E-state index is 12.4. The van der Waals surface area contributed by atoms with E-state index in [9.17, 15) is 9.59 Å². The van der Waals surface area contributed by atoms with Gasteiger partial charge in [0.15, 0.2) is 0 Å². The van der Waals surface area contributed by atoms with Crippen LogP contribution in [0.15, 0.2) is 60.7 Å². The third-order valence-electron chi connectivity index (χ3n) is 6.00. The van der Waals surface area contributed by atoms with Crippen LogP contribution in [0.3, 0.4) is 0 Å². The van der Waals surface area contributed by atoms with E-state index in [-0.39, 0.29) is 12.2 Å². The lowest BCUT2D eigenvalue weighted by molar-refractivity contribution is 0.0237. The Hall–Kier alpha value is -3.26. The summed E-state index contributed by atoms with van der Waals surface area (Å²) in [6.45, 7) is 7.89. The first-order valence-corrected chi connectivity index (χ1v) is 12.2. The number of amides is 2. The van der Waals surface area contributed by atoms with E-state index in [0.29, 0.717) is 5.56 Å². The first kappa shape index (κ1) is 26.3. The molecule has 0 aliphatic heterocycles. The molecule has 0 saturated carbocycles. The van der Waals surface area contributed by atoms with Crippen LogP contribution >= 0.6 is 0 Å². The molecule has 7 heteroatoms. The Labute approximate surface area is 207 Å². The smallest absolute Gasteiger partial charge is 0.274 e. The minimum Gasteiger partial charge on any atom is -0.299 e. The molecular weight excluding hydrogens is 442 g/mol. The minimum absolute atomic E-state index is 0.229. The molecule has 0 radical (unpaired) electrons. The van der Waals surface area contributed by atoms with Crippen LogP contribution in [-0.2, 0) is 18.0 Å². The van der Waals surface area contributed by atoms with Crippen LogP contribution in [0.4, 0.5) is 0 Å². The number of hydrogen-bond acceptors (Lipinski definition) is 5. The van der Waals surface area contributed by atoms with Gasteiger partial charge in [-0.2, -0.15) is 0 Å². The van der Waals surface area contributed by atoms with Gasteiger partial charge >= 0.3 is 0 Å². The number of unbranched alkanes of at least 4 members (excludes halogenated alkanes) is 2. The summed E-state index contributed by atoms with van der Waals surface area (Å²) < 4.78 is 0. The molecule has 0 spiro atoms. The van der Waals surface area contributed by atoms with Gasteiger partial charge in [-0.25, -0.2) is 11.0 Å². The van der Waals surface area contributed by atoms with Gasteiger partial charge in [-0.1, -0.05) is 57.0 Å². The van der Waals surface area contributed by atoms with Crippen molar-refractivity contribution in [1.82, 2.24) is 15.9 Å². The fraction of sp³-hybridized carbons (Fsp3) is 0.357. The van der Waals surface area contributed by atoms with E-state index >= 15 is 0 Å². The Balaban J connectivity index is 1.61. The molecule has 186 valence electrons. The fourth-order valence-corrected chi connectivity index (χ4v) is 3.99. The number of carbonyl (C=O) groups is 2. The second kappa shape index (κ2) is 13.6. The molecule has 0 unspecified atom stereocenters. The Morgan fingerprint density at radius 3 is 2.17 bits per heavy atom. The van der Waals surface area contributed by atoms with Crippen molar-refractivity contribution < 1.29 is 19.6 Å². The number of hydroxylamine groups is 2. The summed E-state index contributed by atoms with van der Waals surface area (Å²) in [5.74, 6) is -1.05. The zero-order chi connectivity index (χ0) is 25.0. The summed E-state index contributed by atoms with van der Waals surface area (Å²) in [5, 5.41) is 10.9. The van der Waals surface area contributed by atoms with E-state index in [0.717, 1.165) is 36.0 Å². The van der Waals surface area contributed by atoms with E-state index < -0.39 is 11.8 Å². The fourth-order valence-electron chi connectivity index (χ4n) is 3.99. The SMILES string of the molecule is CCCCN(CCCC)Cc1ccc2c(CONC(=O)c3ccc(C(=O)NO)cc3)cccc2c1. The Morgan fingerprint density at radius 2 is 1.54 bits per heavy atom. The lowest BCUT2D eigenvalue weighted by Gasteiger charge is -2.22. The number of hydrogen-bond donors (Lipinski definition) is 3. The predicted molar refractivity (Wildman–Crippen MR) is 137 cm³/mol. The quantitative estimate of drug-likeness (QED) is 0.232. The molecule has 7 nitrogen and oxygen atoms in total. The minimum atomic E-state index is -0.637. The maximum atomic E-state index is 12.4. The lowest BCUT2D eigenvalue weighted by atomic mass is 10.0. The topological polar surface area (TPSA) is 90.9 Å². The van der Waals surface area contributed by atoms with E-state index in [1.165, 1.54) is 55.5 Å². The molecule has 0 bridgehead atoms. The molecule has 3 aromatic carbocycles. The average Bonchev–Trinajstić information content (AvgIpc) is 2.89. The van der Waals surface area contributed by atoms with Gasteiger partial charge in [0.05, 0.1) is 0 Å². The van der Waals surface area contributed by atoms with Gasteiger partial charge in [0, 0.05) is 17.7 Å². The standard InChI is InChI=1S/C28H35N3O4/c1-3-5-16-31(17-6-4-2)19-21-10-15-26-24(18-21)8-7-9-25(26)20-35-30-28(33)23-13-11-22(12-14-23)27(32)29-34/h7-15,18,34H,3-6,16-17,19-20H2,1-2H3,(H,29,32)(H,30,33). The third-order valence-corrected chi connectivity index (χ3v) is 6.00. The van der Waals surface area contributed by atoms with Crippen LogP contribution in [0.5, 0.6) is 0 Å². The van der Waals surface area contributed by atoms with Crippen molar-refractivity contribution in [2.24, 2.45) is 0 Å². The molecule has 2 amide bonds. The van der Waals surface area contributed by atoms with Gasteiger partial charge in [-0.05, 0) is 78.2 Å². The van der Waals surface area contributed by atoms with E-state index in [2.05, 4.69) is 48.5 Å². The maximum Gasteiger partial charge on any atom is 0.274 e. The highest BCUT2D eigenvalue weighted by Gasteiger charge is 2.10. The summed E-state index contributed by atoms with van der Waals surface area (Å²) in [6.07, 6.45) is 4.83. The average molecular weight is 478 g/mol. The Kier molecular flexibility index (Phi) is 10.2. The Bertz CT molecular complexity index is 1110. The van der Waals surface area contributed by atoms with Crippen LogP contribution in [0.2, 0.25) is 0 Å². The number of carbonyl (C=O) groups excluding carboxylic acids is 2. The molecule has 0 aliphatic carbocycles. The zero-order valence-corrected chi connectivity index (χ0v) is 20.5. The second-order valence-electron chi connectivity index (χ2n) is 8.69. The summed E-state index contributed by atoms with van der Waals surface area (Å²) in [4.78, 5) is 31.8. The number of nitrogens with one attached hydrogen (secondary N) is 2. The zero-order valence-electron chi connectivity index (χ0n) is 20.5. The molecule has 0 aromatic heterocycles.